The number of carbonyl (C=O) groups is 1. The maximum absolute atomic E-state index is 13.3. The van der Waals surface area contributed by atoms with E-state index in [1.807, 2.05) is 0 Å². The molecule has 0 aliphatic heterocycles. The Kier molecular flexibility index (Phi) is 5.97. The van der Waals surface area contributed by atoms with Crippen LogP contribution in [0.5, 0.6) is 0 Å². The number of aliphatic carboxylic acids is 1. The number of anilines is 1. The number of carboxylic acids is 1. The van der Waals surface area contributed by atoms with Gasteiger partial charge in [0.25, 0.3) is 0 Å². The highest BCUT2D eigenvalue weighted by atomic mass is 35.5. The van der Waals surface area contributed by atoms with Crippen molar-refractivity contribution in [3.8, 4) is 0 Å². The van der Waals surface area contributed by atoms with Gasteiger partial charge in [-0.25, -0.2) is 8.42 Å². The van der Waals surface area contributed by atoms with E-state index in [4.69, 9.17) is 17.5 Å². The van der Waals surface area contributed by atoms with Crippen molar-refractivity contribution in [3.05, 3.63) is 30.6 Å². The van der Waals surface area contributed by atoms with E-state index in [0.29, 0.717) is 29.3 Å². The number of fused-ring (bicyclic) bond motifs is 1. The van der Waals surface area contributed by atoms with Crippen LogP contribution in [0.1, 0.15) is 32.1 Å². The predicted octanol–water partition coefficient (Wildman–Crippen LogP) is 2.52. The average molecular weight is 440 g/mol. The van der Waals surface area contributed by atoms with Crippen LogP contribution >= 0.6 is 11.8 Å². The molecule has 0 bridgehead atoms. The Labute approximate surface area is 173 Å². The van der Waals surface area contributed by atoms with Crippen molar-refractivity contribution < 1.29 is 18.3 Å². The second-order valence-electron chi connectivity index (χ2n) is 7.03. The number of nitrogens with one attached hydrogen (secondary N) is 1. The minimum Gasteiger partial charge on any atom is -0.480 e. The zero-order valence-corrected chi connectivity index (χ0v) is 17.4. The molecule has 1 aromatic carbocycles. The normalized spacial score (nSPS) is 17.4. The summed E-state index contributed by atoms with van der Waals surface area (Å²) in [6, 6.07) is 4.51. The average Bonchev–Trinajstić information content (AvgIpc) is 2.73. The number of nitrogens with two attached hydrogens (primary N) is 1. The van der Waals surface area contributed by atoms with Gasteiger partial charge in [-0.2, -0.15) is 4.31 Å². The van der Waals surface area contributed by atoms with Crippen molar-refractivity contribution in [2.45, 2.75) is 42.5 Å². The van der Waals surface area contributed by atoms with E-state index in [9.17, 15) is 18.3 Å². The van der Waals surface area contributed by atoms with E-state index < -0.39 is 21.5 Å². The van der Waals surface area contributed by atoms with Crippen LogP contribution in [0, 0.1) is 0 Å². The molecule has 4 N–H and O–H groups in total. The molecule has 2 aromatic rings. The number of benzene rings is 1. The number of sulfonamides is 1. The fourth-order valence-corrected chi connectivity index (χ4v) is 5.36. The first-order chi connectivity index (χ1) is 13.7. The molecule has 0 unspecified atom stereocenters. The Morgan fingerprint density at radius 3 is 2.62 bits per heavy atom. The van der Waals surface area contributed by atoms with E-state index in [1.54, 1.807) is 6.07 Å². The lowest BCUT2D eigenvalue weighted by molar-refractivity contribution is -0.149. The van der Waals surface area contributed by atoms with Crippen LogP contribution in [0.3, 0.4) is 0 Å². The van der Waals surface area contributed by atoms with Gasteiger partial charge < -0.3 is 16.2 Å². The zero-order chi connectivity index (χ0) is 21.2. The second kappa shape index (κ2) is 8.13. The second-order valence-corrected chi connectivity index (χ2v) is 9.17. The molecule has 0 radical (unpaired) electrons. The summed E-state index contributed by atoms with van der Waals surface area (Å²) in [7, 11) is -2.70. The third-order valence-electron chi connectivity index (χ3n) is 5.42. The van der Waals surface area contributed by atoms with Crippen molar-refractivity contribution in [1.29, 1.82) is 0 Å². The molecule has 0 saturated heterocycles. The largest absolute Gasteiger partial charge is 0.480 e. The fraction of sp³-hybridized carbons (Fsp3) is 0.389. The quantitative estimate of drug-likeness (QED) is 0.480. The monoisotopic (exact) mass is 439 g/mol. The summed E-state index contributed by atoms with van der Waals surface area (Å²) >= 11 is 5.33. The number of likely N-dealkylation sites (N-methyl/N-ethyl adjacent to an activating group) is 1. The maximum Gasteiger partial charge on any atom is 0.325 e. The van der Waals surface area contributed by atoms with Gasteiger partial charge in [0, 0.05) is 35.8 Å². The van der Waals surface area contributed by atoms with Gasteiger partial charge in [0.05, 0.1) is 16.8 Å². The molecule has 1 aromatic heterocycles. The number of guanidine groups is 1. The third-order valence-corrected chi connectivity index (χ3v) is 7.53. The van der Waals surface area contributed by atoms with Gasteiger partial charge in [-0.15, -0.1) is 4.51 Å². The molecule has 11 heteroatoms. The van der Waals surface area contributed by atoms with E-state index >= 15 is 0 Å². The van der Waals surface area contributed by atoms with E-state index in [-0.39, 0.29) is 23.7 Å². The number of carboxylic acid groups (broad SMARTS) is 1. The third kappa shape index (κ3) is 3.87. The first-order valence-electron chi connectivity index (χ1n) is 9.04. The topological polar surface area (TPSA) is 138 Å². The molecule has 0 atom stereocenters. The standard InChI is InChI=1S/C18H22ClN5O4S/c1-24(18(16(25)26)7-3-2-4-8-18)29(27,28)13-5-6-14-12(9-13)10-21-11-15(14)22-17(20)23-19/h5-6,9-11H,2-4,7-8H2,1H3,(H,25,26)(H3,20,22,23). The molecule has 3 rings (SSSR count). The Bertz CT molecular complexity index is 1070. The van der Waals surface area contributed by atoms with Gasteiger partial charge in [-0.3, -0.25) is 9.78 Å². The SMILES string of the molecule is CN(C1(C(=O)O)CCCCC1)S(=O)(=O)c1ccc2c(NC(N)=NCl)cncc2c1. The predicted molar refractivity (Wildman–Crippen MR) is 111 cm³/mol. The van der Waals surface area contributed by atoms with E-state index in [1.165, 1.54) is 31.6 Å². The number of hydrogen-bond acceptors (Lipinski definition) is 5. The summed E-state index contributed by atoms with van der Waals surface area (Å²) in [5.74, 6) is -1.15. The van der Waals surface area contributed by atoms with Crippen LogP contribution in [0.2, 0.25) is 0 Å². The van der Waals surface area contributed by atoms with E-state index in [2.05, 4.69) is 14.8 Å². The lowest BCUT2D eigenvalue weighted by Crippen LogP contribution is -2.56. The van der Waals surface area contributed by atoms with Crippen LogP contribution in [-0.2, 0) is 14.8 Å². The van der Waals surface area contributed by atoms with Crippen molar-refractivity contribution in [2.24, 2.45) is 10.2 Å². The summed E-state index contributed by atoms with van der Waals surface area (Å²) in [5.41, 5.74) is 4.66. The molecule has 156 valence electrons. The zero-order valence-electron chi connectivity index (χ0n) is 15.8. The molecular weight excluding hydrogens is 418 g/mol. The van der Waals surface area contributed by atoms with Gasteiger partial charge in [0.15, 0.2) is 0 Å². The lowest BCUT2D eigenvalue weighted by Gasteiger charge is -2.40. The summed E-state index contributed by atoms with van der Waals surface area (Å²) in [6.07, 6.45) is 5.85. The van der Waals surface area contributed by atoms with Crippen LogP contribution in [0.4, 0.5) is 5.69 Å². The fourth-order valence-electron chi connectivity index (χ4n) is 3.76. The number of pyridine rings is 1. The highest BCUT2D eigenvalue weighted by molar-refractivity contribution is 7.89. The Hall–Kier alpha value is -2.43. The van der Waals surface area contributed by atoms with Crippen LogP contribution in [-0.4, -0.2) is 47.3 Å². The van der Waals surface area contributed by atoms with Gasteiger partial charge in [-0.05, 0) is 25.0 Å². The smallest absolute Gasteiger partial charge is 0.325 e. The van der Waals surface area contributed by atoms with Crippen LogP contribution in [0.15, 0.2) is 40.0 Å². The molecule has 29 heavy (non-hydrogen) atoms. The van der Waals surface area contributed by atoms with E-state index in [0.717, 1.165) is 10.7 Å². The molecule has 9 nitrogen and oxygen atoms in total. The number of aromatic nitrogens is 1. The Balaban J connectivity index is 2.03. The van der Waals surface area contributed by atoms with Crippen LogP contribution in [0.25, 0.3) is 10.8 Å². The number of rotatable bonds is 5. The minimum absolute atomic E-state index is 0.00312. The minimum atomic E-state index is -4.04. The van der Waals surface area contributed by atoms with Crippen molar-refractivity contribution in [1.82, 2.24) is 9.29 Å². The van der Waals surface area contributed by atoms with Crippen molar-refractivity contribution >= 4 is 50.2 Å². The lowest BCUT2D eigenvalue weighted by atomic mass is 9.82. The summed E-state index contributed by atoms with van der Waals surface area (Å²) < 4.78 is 30.9. The molecule has 0 amide bonds. The number of halogens is 1. The number of hydrogen-bond donors (Lipinski definition) is 3. The van der Waals surface area contributed by atoms with Gasteiger partial charge in [0.2, 0.25) is 16.0 Å². The summed E-state index contributed by atoms with van der Waals surface area (Å²) in [6.45, 7) is 0. The first-order valence-corrected chi connectivity index (χ1v) is 10.8. The Morgan fingerprint density at radius 1 is 1.31 bits per heavy atom. The molecule has 1 saturated carbocycles. The highest BCUT2D eigenvalue weighted by Crippen LogP contribution is 2.37. The molecule has 1 fully saturated rings. The number of nitrogens with zero attached hydrogens (tertiary/aromatic N) is 3. The highest BCUT2D eigenvalue weighted by Gasteiger charge is 2.48. The van der Waals surface area contributed by atoms with Gasteiger partial charge in [-0.1, -0.05) is 25.3 Å². The summed E-state index contributed by atoms with van der Waals surface area (Å²) in [4.78, 5) is 16.1. The summed E-state index contributed by atoms with van der Waals surface area (Å²) in [5, 5.41) is 13.8. The molecule has 0 spiro atoms. The van der Waals surface area contributed by atoms with Crippen LogP contribution < -0.4 is 11.1 Å². The van der Waals surface area contributed by atoms with Crippen molar-refractivity contribution in [3.63, 3.8) is 0 Å². The first kappa shape index (κ1) is 21.3. The molecule has 1 aliphatic rings. The van der Waals surface area contributed by atoms with Crippen molar-refractivity contribution in [2.75, 3.05) is 12.4 Å². The molecule has 1 aliphatic carbocycles. The maximum atomic E-state index is 13.3. The Morgan fingerprint density at radius 2 is 2.00 bits per heavy atom. The molecular formula is C18H22ClN5O4S. The van der Waals surface area contributed by atoms with Gasteiger partial charge >= 0.3 is 5.97 Å². The van der Waals surface area contributed by atoms with Gasteiger partial charge in [0.1, 0.15) is 5.54 Å². The molecule has 1 heterocycles.